The van der Waals surface area contributed by atoms with Crippen LogP contribution in [0.4, 0.5) is 0 Å². The summed E-state index contributed by atoms with van der Waals surface area (Å²) in [5, 5.41) is 6.83. The lowest BCUT2D eigenvalue weighted by atomic mass is 10.0. The maximum absolute atomic E-state index is 5.49. The lowest BCUT2D eigenvalue weighted by molar-refractivity contribution is 0.220. The zero-order chi connectivity index (χ0) is 21.2. The first kappa shape index (κ1) is 22.0. The van der Waals surface area contributed by atoms with Crippen molar-refractivity contribution in [3.63, 3.8) is 0 Å². The van der Waals surface area contributed by atoms with Crippen LogP contribution >= 0.6 is 0 Å². The quantitative estimate of drug-likeness (QED) is 0.515. The van der Waals surface area contributed by atoms with Gasteiger partial charge in [0.05, 0.1) is 14.2 Å². The number of aliphatic imine (C=N–C) groups is 1. The number of likely N-dealkylation sites (tertiary alicyclic amines) is 1. The summed E-state index contributed by atoms with van der Waals surface area (Å²) in [6.07, 6.45) is 3.98. The highest BCUT2D eigenvalue weighted by Crippen LogP contribution is 2.24. The van der Waals surface area contributed by atoms with E-state index in [-0.39, 0.29) is 0 Å². The number of rotatable bonds is 8. The topological polar surface area (TPSA) is 58.1 Å². The van der Waals surface area contributed by atoms with Crippen molar-refractivity contribution in [2.75, 3.05) is 34.4 Å². The summed E-state index contributed by atoms with van der Waals surface area (Å²) in [6, 6.07) is 14.5. The van der Waals surface area contributed by atoms with E-state index in [0.29, 0.717) is 6.54 Å². The number of piperidine rings is 1. The number of hydrogen-bond acceptors (Lipinski definition) is 4. The van der Waals surface area contributed by atoms with Crippen LogP contribution in [-0.4, -0.2) is 45.2 Å². The average molecular weight is 411 g/mol. The molecule has 1 aliphatic heterocycles. The molecule has 30 heavy (non-hydrogen) atoms. The SMILES string of the molecule is CN=C(NCc1ccccc1CN1CCCCC1)NCc1ccc(OC)cc1OC. The Morgan fingerprint density at radius 1 is 0.900 bits per heavy atom. The van der Waals surface area contributed by atoms with E-state index in [1.54, 1.807) is 21.3 Å². The predicted octanol–water partition coefficient (Wildman–Crippen LogP) is 3.55. The van der Waals surface area contributed by atoms with Gasteiger partial charge >= 0.3 is 0 Å². The van der Waals surface area contributed by atoms with Gasteiger partial charge in [-0.3, -0.25) is 9.89 Å². The molecule has 1 heterocycles. The second kappa shape index (κ2) is 11.5. The van der Waals surface area contributed by atoms with Crippen molar-refractivity contribution >= 4 is 5.96 Å². The molecule has 0 saturated carbocycles. The molecule has 1 fully saturated rings. The van der Waals surface area contributed by atoms with Gasteiger partial charge in [0.25, 0.3) is 0 Å². The maximum Gasteiger partial charge on any atom is 0.191 e. The van der Waals surface area contributed by atoms with Gasteiger partial charge in [-0.05, 0) is 49.2 Å². The van der Waals surface area contributed by atoms with Crippen LogP contribution in [0.1, 0.15) is 36.0 Å². The van der Waals surface area contributed by atoms with Crippen LogP contribution in [0.15, 0.2) is 47.5 Å². The van der Waals surface area contributed by atoms with Crippen molar-refractivity contribution in [1.29, 1.82) is 0 Å². The Bertz CT molecular complexity index is 832. The molecule has 1 aliphatic rings. The monoisotopic (exact) mass is 410 g/mol. The number of nitrogens with one attached hydrogen (secondary N) is 2. The van der Waals surface area contributed by atoms with Crippen LogP contribution in [0, 0.1) is 0 Å². The molecular weight excluding hydrogens is 376 g/mol. The van der Waals surface area contributed by atoms with E-state index in [4.69, 9.17) is 9.47 Å². The standard InChI is InChI=1S/C24H34N4O2/c1-25-24(27-17-20-11-12-22(29-2)15-23(20)30-3)26-16-19-9-5-6-10-21(19)18-28-13-7-4-8-14-28/h5-6,9-12,15H,4,7-8,13-14,16-18H2,1-3H3,(H2,25,26,27). The molecule has 2 aromatic carbocycles. The highest BCUT2D eigenvalue weighted by atomic mass is 16.5. The third kappa shape index (κ3) is 6.13. The molecule has 0 amide bonds. The maximum atomic E-state index is 5.49. The molecule has 0 spiro atoms. The zero-order valence-electron chi connectivity index (χ0n) is 18.4. The summed E-state index contributed by atoms with van der Waals surface area (Å²) in [5.74, 6) is 2.34. The van der Waals surface area contributed by atoms with Crippen LogP contribution in [0.5, 0.6) is 11.5 Å². The first-order valence-corrected chi connectivity index (χ1v) is 10.7. The molecule has 0 aliphatic carbocycles. The van der Waals surface area contributed by atoms with Gasteiger partial charge in [0.1, 0.15) is 11.5 Å². The molecule has 0 unspecified atom stereocenters. The number of benzene rings is 2. The van der Waals surface area contributed by atoms with Crippen LogP contribution in [-0.2, 0) is 19.6 Å². The van der Waals surface area contributed by atoms with Crippen molar-refractivity contribution in [3.05, 3.63) is 59.2 Å². The van der Waals surface area contributed by atoms with Crippen molar-refractivity contribution in [2.24, 2.45) is 4.99 Å². The summed E-state index contributed by atoms with van der Waals surface area (Å²) < 4.78 is 10.8. The number of ether oxygens (including phenoxy) is 2. The molecular formula is C24H34N4O2. The van der Waals surface area contributed by atoms with Gasteiger partial charge in [-0.15, -0.1) is 0 Å². The van der Waals surface area contributed by atoms with E-state index < -0.39 is 0 Å². The number of methoxy groups -OCH3 is 2. The molecule has 1 saturated heterocycles. The zero-order valence-corrected chi connectivity index (χ0v) is 18.4. The van der Waals surface area contributed by atoms with Crippen molar-refractivity contribution < 1.29 is 9.47 Å². The minimum Gasteiger partial charge on any atom is -0.497 e. The van der Waals surface area contributed by atoms with Crippen molar-refractivity contribution in [1.82, 2.24) is 15.5 Å². The Kier molecular flexibility index (Phi) is 8.39. The third-order valence-corrected chi connectivity index (χ3v) is 5.57. The van der Waals surface area contributed by atoms with Crippen molar-refractivity contribution in [3.8, 4) is 11.5 Å². The Hall–Kier alpha value is -2.73. The highest BCUT2D eigenvalue weighted by Gasteiger charge is 2.13. The van der Waals surface area contributed by atoms with Gasteiger partial charge in [-0.2, -0.15) is 0 Å². The van der Waals surface area contributed by atoms with Crippen LogP contribution < -0.4 is 20.1 Å². The fourth-order valence-electron chi connectivity index (χ4n) is 3.82. The fourth-order valence-corrected chi connectivity index (χ4v) is 3.82. The molecule has 6 heteroatoms. The van der Waals surface area contributed by atoms with E-state index >= 15 is 0 Å². The largest absolute Gasteiger partial charge is 0.497 e. The van der Waals surface area contributed by atoms with E-state index in [1.165, 1.54) is 43.5 Å². The number of nitrogens with zero attached hydrogens (tertiary/aromatic N) is 2. The minimum atomic E-state index is 0.613. The first-order chi connectivity index (χ1) is 14.7. The fraction of sp³-hybridized carbons (Fsp3) is 0.458. The molecule has 0 bridgehead atoms. The van der Waals surface area contributed by atoms with E-state index in [9.17, 15) is 0 Å². The van der Waals surface area contributed by atoms with Gasteiger partial charge in [-0.1, -0.05) is 30.7 Å². The van der Waals surface area contributed by atoms with Crippen LogP contribution in [0.3, 0.4) is 0 Å². The van der Waals surface area contributed by atoms with Crippen LogP contribution in [0.25, 0.3) is 0 Å². The minimum absolute atomic E-state index is 0.613. The molecule has 0 atom stereocenters. The molecule has 2 N–H and O–H groups in total. The average Bonchev–Trinajstić information content (AvgIpc) is 2.80. The van der Waals surface area contributed by atoms with Gasteiger partial charge in [0.2, 0.25) is 0 Å². The van der Waals surface area contributed by atoms with Crippen molar-refractivity contribution in [2.45, 2.75) is 38.9 Å². The predicted molar refractivity (Wildman–Crippen MR) is 122 cm³/mol. The Morgan fingerprint density at radius 3 is 2.27 bits per heavy atom. The summed E-state index contributed by atoms with van der Waals surface area (Å²) in [7, 11) is 5.12. The summed E-state index contributed by atoms with van der Waals surface area (Å²) >= 11 is 0. The van der Waals surface area contributed by atoms with E-state index in [0.717, 1.165) is 36.1 Å². The van der Waals surface area contributed by atoms with Crippen LogP contribution in [0.2, 0.25) is 0 Å². The summed E-state index contributed by atoms with van der Waals surface area (Å²) in [4.78, 5) is 6.93. The molecule has 0 radical (unpaired) electrons. The summed E-state index contributed by atoms with van der Waals surface area (Å²) in [6.45, 7) is 4.78. The Morgan fingerprint density at radius 2 is 1.60 bits per heavy atom. The molecule has 0 aromatic heterocycles. The number of guanidine groups is 1. The second-order valence-corrected chi connectivity index (χ2v) is 7.56. The lowest BCUT2D eigenvalue weighted by Crippen LogP contribution is -2.37. The normalized spacial score (nSPS) is 15.0. The molecule has 3 rings (SSSR count). The van der Waals surface area contributed by atoms with Gasteiger partial charge < -0.3 is 20.1 Å². The number of hydrogen-bond donors (Lipinski definition) is 2. The van der Waals surface area contributed by atoms with E-state index in [2.05, 4.69) is 44.8 Å². The Labute approximate surface area is 180 Å². The van der Waals surface area contributed by atoms with Gasteiger partial charge in [0.15, 0.2) is 5.96 Å². The molecule has 2 aromatic rings. The van der Waals surface area contributed by atoms with Gasteiger partial charge in [-0.25, -0.2) is 0 Å². The highest BCUT2D eigenvalue weighted by molar-refractivity contribution is 5.79. The Balaban J connectivity index is 1.57. The summed E-state index contributed by atoms with van der Waals surface area (Å²) in [5.41, 5.74) is 3.75. The molecule has 6 nitrogen and oxygen atoms in total. The van der Waals surface area contributed by atoms with E-state index in [1.807, 2.05) is 18.2 Å². The van der Waals surface area contributed by atoms with Gasteiger partial charge in [0, 0.05) is 38.3 Å². The lowest BCUT2D eigenvalue weighted by Gasteiger charge is -2.27. The smallest absolute Gasteiger partial charge is 0.191 e. The molecule has 162 valence electrons. The second-order valence-electron chi connectivity index (χ2n) is 7.56. The third-order valence-electron chi connectivity index (χ3n) is 5.57. The first-order valence-electron chi connectivity index (χ1n) is 10.7.